The van der Waals surface area contributed by atoms with Crippen molar-refractivity contribution in [2.45, 2.75) is 24.3 Å². The van der Waals surface area contributed by atoms with E-state index < -0.39 is 0 Å². The van der Waals surface area contributed by atoms with E-state index in [1.165, 1.54) is 11.8 Å². The minimum atomic E-state index is -0.360. The molecule has 0 saturated carbocycles. The molecule has 2 N–H and O–H groups in total. The van der Waals surface area contributed by atoms with Crippen molar-refractivity contribution in [1.29, 1.82) is 0 Å². The van der Waals surface area contributed by atoms with E-state index >= 15 is 0 Å². The number of amides is 1. The van der Waals surface area contributed by atoms with Crippen LogP contribution in [-0.4, -0.2) is 33.2 Å². The highest BCUT2D eigenvalue weighted by Gasteiger charge is 2.18. The Morgan fingerprint density at radius 2 is 2.20 bits per heavy atom. The van der Waals surface area contributed by atoms with Crippen LogP contribution in [0, 0.1) is 6.92 Å². The first-order valence-corrected chi connectivity index (χ1v) is 8.85. The number of nitrogens with one attached hydrogen (secondary N) is 2. The average molecular weight is 377 g/mol. The third-order valence-electron chi connectivity index (χ3n) is 3.55. The van der Waals surface area contributed by atoms with Gasteiger partial charge in [-0.05, 0) is 37.6 Å². The molecule has 0 spiro atoms. The van der Waals surface area contributed by atoms with Crippen LogP contribution < -0.4 is 10.1 Å². The summed E-state index contributed by atoms with van der Waals surface area (Å²) >= 11 is 7.24. The quantitative estimate of drug-likeness (QED) is 0.657. The van der Waals surface area contributed by atoms with Crippen molar-refractivity contribution in [3.63, 3.8) is 0 Å². The number of pyridine rings is 1. The van der Waals surface area contributed by atoms with Crippen LogP contribution in [0.15, 0.2) is 35.6 Å². The molecular weight excluding hydrogens is 360 g/mol. The summed E-state index contributed by atoms with van der Waals surface area (Å²) in [4.78, 5) is 24.1. The molecule has 3 rings (SSSR count). The van der Waals surface area contributed by atoms with Crippen molar-refractivity contribution in [2.24, 2.45) is 0 Å². The maximum atomic E-state index is 12.5. The summed E-state index contributed by atoms with van der Waals surface area (Å²) in [6.07, 6.45) is 1.54. The number of methoxy groups -OCH3 is 1. The monoisotopic (exact) mass is 376 g/mol. The minimum Gasteiger partial charge on any atom is -0.495 e. The van der Waals surface area contributed by atoms with Crippen molar-refractivity contribution in [3.05, 3.63) is 41.0 Å². The first kappa shape index (κ1) is 17.6. The van der Waals surface area contributed by atoms with Crippen molar-refractivity contribution < 1.29 is 9.53 Å². The molecule has 0 aliphatic carbocycles. The van der Waals surface area contributed by atoms with Gasteiger partial charge in [-0.1, -0.05) is 29.4 Å². The third kappa shape index (κ3) is 4.05. The average Bonchev–Trinajstić information content (AvgIpc) is 2.96. The van der Waals surface area contributed by atoms with Gasteiger partial charge in [0.15, 0.2) is 10.8 Å². The summed E-state index contributed by atoms with van der Waals surface area (Å²) in [6, 6.07) is 7.39. The fourth-order valence-electron chi connectivity index (χ4n) is 2.28. The molecule has 1 atom stereocenters. The molecule has 0 fully saturated rings. The second kappa shape index (κ2) is 7.33. The van der Waals surface area contributed by atoms with E-state index in [1.807, 2.05) is 32.0 Å². The Labute approximate surface area is 154 Å². The second-order valence-corrected chi connectivity index (χ2v) is 7.29. The van der Waals surface area contributed by atoms with E-state index in [-0.39, 0.29) is 11.2 Å². The smallest absolute Gasteiger partial charge is 0.237 e. The fraction of sp³-hybridized carbons (Fsp3) is 0.235. The number of nitrogens with zero attached hydrogens (tertiary/aromatic N) is 2. The number of ether oxygens (including phenoxy) is 1. The molecule has 0 saturated heterocycles. The summed E-state index contributed by atoms with van der Waals surface area (Å²) in [6.45, 7) is 3.77. The number of rotatable bonds is 5. The van der Waals surface area contributed by atoms with Crippen LogP contribution in [-0.2, 0) is 4.79 Å². The van der Waals surface area contributed by atoms with Crippen LogP contribution in [0.5, 0.6) is 5.75 Å². The number of hydrogen-bond acceptors (Lipinski definition) is 5. The summed E-state index contributed by atoms with van der Waals surface area (Å²) in [5, 5.41) is 3.69. The highest BCUT2D eigenvalue weighted by Crippen LogP contribution is 2.28. The molecule has 1 unspecified atom stereocenters. The van der Waals surface area contributed by atoms with Gasteiger partial charge in [-0.15, -0.1) is 0 Å². The van der Waals surface area contributed by atoms with Crippen molar-refractivity contribution in [1.82, 2.24) is 15.0 Å². The van der Waals surface area contributed by atoms with Gasteiger partial charge in [0.05, 0.1) is 28.6 Å². The molecule has 0 bridgehead atoms. The Morgan fingerprint density at radius 1 is 1.40 bits per heavy atom. The highest BCUT2D eigenvalue weighted by molar-refractivity contribution is 8.00. The summed E-state index contributed by atoms with van der Waals surface area (Å²) in [5.74, 6) is 0.485. The van der Waals surface area contributed by atoms with Gasteiger partial charge >= 0.3 is 0 Å². The van der Waals surface area contributed by atoms with Crippen molar-refractivity contribution >= 4 is 46.1 Å². The number of carbonyl (C=O) groups excluding carboxylic acids is 1. The highest BCUT2D eigenvalue weighted by atomic mass is 35.5. The molecule has 6 nitrogen and oxygen atoms in total. The molecule has 0 aliphatic rings. The molecule has 1 aromatic carbocycles. The Kier molecular flexibility index (Phi) is 5.15. The zero-order valence-electron chi connectivity index (χ0n) is 14.0. The summed E-state index contributed by atoms with van der Waals surface area (Å²) in [7, 11) is 1.57. The zero-order valence-corrected chi connectivity index (χ0v) is 15.5. The van der Waals surface area contributed by atoms with Crippen molar-refractivity contribution in [3.8, 4) is 5.75 Å². The van der Waals surface area contributed by atoms with E-state index in [2.05, 4.69) is 20.3 Å². The van der Waals surface area contributed by atoms with Crippen LogP contribution >= 0.6 is 23.4 Å². The van der Waals surface area contributed by atoms with Crippen LogP contribution in [0.1, 0.15) is 12.5 Å². The third-order valence-corrected chi connectivity index (χ3v) is 4.74. The number of anilines is 1. The Bertz CT molecular complexity index is 928. The van der Waals surface area contributed by atoms with Gasteiger partial charge in [0, 0.05) is 6.20 Å². The molecule has 3 aromatic rings. The lowest BCUT2D eigenvalue weighted by molar-refractivity contribution is -0.115. The topological polar surface area (TPSA) is 79.9 Å². The number of carbonyl (C=O) groups is 1. The number of aryl methyl sites for hydroxylation is 1. The van der Waals surface area contributed by atoms with Crippen LogP contribution in [0.3, 0.4) is 0 Å². The fourth-order valence-corrected chi connectivity index (χ4v) is 3.25. The predicted molar refractivity (Wildman–Crippen MR) is 101 cm³/mol. The zero-order chi connectivity index (χ0) is 18.0. The van der Waals surface area contributed by atoms with E-state index in [9.17, 15) is 4.79 Å². The van der Waals surface area contributed by atoms with Crippen LogP contribution in [0.25, 0.3) is 11.2 Å². The molecule has 8 heteroatoms. The minimum absolute atomic E-state index is 0.139. The molecular formula is C17H17ClN4O2S. The Balaban J connectivity index is 1.72. The van der Waals surface area contributed by atoms with Gasteiger partial charge < -0.3 is 15.0 Å². The van der Waals surface area contributed by atoms with Gasteiger partial charge in [-0.25, -0.2) is 9.97 Å². The number of H-pyrrole nitrogens is 1. The lowest BCUT2D eigenvalue weighted by Gasteiger charge is -2.14. The maximum Gasteiger partial charge on any atom is 0.237 e. The normalized spacial score (nSPS) is 12.2. The SMILES string of the molecule is COc1ccc(C)cc1NC(=O)C(C)Sc1nc2ncc(Cl)cc2[nH]1. The predicted octanol–water partition coefficient (Wildman–Crippen LogP) is 4.05. The van der Waals surface area contributed by atoms with Crippen LogP contribution in [0.4, 0.5) is 5.69 Å². The Morgan fingerprint density at radius 3 is 2.96 bits per heavy atom. The van der Waals surface area contributed by atoms with E-state index in [0.29, 0.717) is 27.3 Å². The van der Waals surface area contributed by atoms with Gasteiger partial charge in [-0.3, -0.25) is 4.79 Å². The Hall–Kier alpha value is -2.25. The number of fused-ring (bicyclic) bond motifs is 1. The lowest BCUT2D eigenvalue weighted by atomic mass is 10.2. The summed E-state index contributed by atoms with van der Waals surface area (Å²) in [5.41, 5.74) is 3.00. The van der Waals surface area contributed by atoms with Gasteiger partial charge in [0.25, 0.3) is 0 Å². The number of aromatic nitrogens is 3. The molecule has 1 amide bonds. The van der Waals surface area contributed by atoms with Gasteiger partial charge in [-0.2, -0.15) is 0 Å². The molecule has 2 aromatic heterocycles. The standard InChI is InChI=1S/C17H17ClN4O2S/c1-9-4-5-14(24-3)12(6-9)20-16(23)10(2)25-17-21-13-7-11(18)8-19-15(13)22-17/h4-8,10H,1-3H3,(H,20,23)(H,19,21,22). The number of aromatic amines is 1. The van der Waals surface area contributed by atoms with E-state index in [0.717, 1.165) is 11.1 Å². The molecule has 0 radical (unpaired) electrons. The number of thioether (sulfide) groups is 1. The van der Waals surface area contributed by atoms with Gasteiger partial charge in [0.2, 0.25) is 5.91 Å². The number of imidazole rings is 1. The number of hydrogen-bond donors (Lipinski definition) is 2. The first-order valence-electron chi connectivity index (χ1n) is 7.59. The molecule has 2 heterocycles. The summed E-state index contributed by atoms with van der Waals surface area (Å²) < 4.78 is 5.29. The first-order chi connectivity index (χ1) is 12.0. The molecule has 0 aliphatic heterocycles. The van der Waals surface area contributed by atoms with E-state index in [1.54, 1.807) is 19.4 Å². The van der Waals surface area contributed by atoms with Crippen LogP contribution in [0.2, 0.25) is 5.02 Å². The number of benzene rings is 1. The van der Waals surface area contributed by atoms with Gasteiger partial charge in [0.1, 0.15) is 5.75 Å². The van der Waals surface area contributed by atoms with Crippen molar-refractivity contribution in [2.75, 3.05) is 12.4 Å². The molecule has 25 heavy (non-hydrogen) atoms. The van der Waals surface area contributed by atoms with E-state index in [4.69, 9.17) is 16.3 Å². The molecule has 130 valence electrons. The maximum absolute atomic E-state index is 12.5. The number of halogens is 1. The largest absolute Gasteiger partial charge is 0.495 e. The lowest BCUT2D eigenvalue weighted by Crippen LogP contribution is -2.22. The second-order valence-electron chi connectivity index (χ2n) is 5.52.